The maximum Gasteiger partial charge on any atom is 0.126 e. The molecule has 2 rings (SSSR count). The Kier molecular flexibility index (Phi) is 4.79. The van der Waals surface area contributed by atoms with E-state index in [1.54, 1.807) is 0 Å². The molecule has 5 nitrogen and oxygen atoms in total. The highest BCUT2D eigenvalue weighted by atomic mass is 79.9. The van der Waals surface area contributed by atoms with Gasteiger partial charge >= 0.3 is 0 Å². The lowest BCUT2D eigenvalue weighted by molar-refractivity contribution is 0.189. The number of halogens is 1. The van der Waals surface area contributed by atoms with Crippen LogP contribution in [0.2, 0.25) is 0 Å². The van der Waals surface area contributed by atoms with E-state index >= 15 is 0 Å². The number of benzene rings is 1. The van der Waals surface area contributed by atoms with Crippen LogP contribution in [0, 0.1) is 5.41 Å². The zero-order valence-electron chi connectivity index (χ0n) is 10.8. The molecule has 0 aromatic heterocycles. The van der Waals surface area contributed by atoms with Gasteiger partial charge in [-0.05, 0) is 28.1 Å². The summed E-state index contributed by atoms with van der Waals surface area (Å²) in [6, 6.07) is 5.87. The van der Waals surface area contributed by atoms with Gasteiger partial charge in [-0.2, -0.15) is 0 Å². The average molecular weight is 327 g/mol. The zero-order valence-corrected chi connectivity index (χ0v) is 12.4. The van der Waals surface area contributed by atoms with Crippen LogP contribution in [0.5, 0.6) is 0 Å². The van der Waals surface area contributed by atoms with Gasteiger partial charge < -0.3 is 15.7 Å². The number of anilines is 1. The molecule has 1 aromatic rings. The fraction of sp³-hybridized carbons (Fsp3) is 0.462. The standard InChI is InChI=1S/C13H19BrN4O/c14-10-2-1-3-11(12(10)13(15)16)18-6-4-17(5-7-18)8-9-19/h1-3,19H,4-9H2,(H3,15,16). The summed E-state index contributed by atoms with van der Waals surface area (Å²) in [5.74, 6) is 0.0836. The third kappa shape index (κ3) is 3.26. The quantitative estimate of drug-likeness (QED) is 0.566. The van der Waals surface area contributed by atoms with Crippen molar-refractivity contribution in [1.82, 2.24) is 4.90 Å². The Morgan fingerprint density at radius 2 is 2.00 bits per heavy atom. The van der Waals surface area contributed by atoms with E-state index in [4.69, 9.17) is 16.2 Å². The van der Waals surface area contributed by atoms with Gasteiger partial charge in [-0.15, -0.1) is 0 Å². The molecule has 4 N–H and O–H groups in total. The molecule has 1 fully saturated rings. The smallest absolute Gasteiger partial charge is 0.126 e. The normalized spacial score (nSPS) is 16.6. The maximum absolute atomic E-state index is 8.95. The van der Waals surface area contributed by atoms with Crippen LogP contribution in [0.3, 0.4) is 0 Å². The van der Waals surface area contributed by atoms with Gasteiger partial charge in [0.1, 0.15) is 5.84 Å². The van der Waals surface area contributed by atoms with E-state index in [0.717, 1.165) is 48.4 Å². The third-order valence-corrected chi connectivity index (χ3v) is 4.05. The van der Waals surface area contributed by atoms with Crippen molar-refractivity contribution in [2.75, 3.05) is 44.2 Å². The summed E-state index contributed by atoms with van der Waals surface area (Å²) >= 11 is 3.46. The molecule has 19 heavy (non-hydrogen) atoms. The summed E-state index contributed by atoms with van der Waals surface area (Å²) in [6.07, 6.45) is 0. The van der Waals surface area contributed by atoms with Crippen LogP contribution >= 0.6 is 15.9 Å². The highest BCUT2D eigenvalue weighted by Crippen LogP contribution is 2.28. The molecule has 104 valence electrons. The molecule has 0 unspecified atom stereocenters. The van der Waals surface area contributed by atoms with Gasteiger partial charge in [-0.25, -0.2) is 0 Å². The number of hydrogen-bond acceptors (Lipinski definition) is 4. The molecule has 0 saturated carbocycles. The van der Waals surface area contributed by atoms with Crippen LogP contribution < -0.4 is 10.6 Å². The largest absolute Gasteiger partial charge is 0.395 e. The Morgan fingerprint density at radius 1 is 1.32 bits per heavy atom. The average Bonchev–Trinajstić information content (AvgIpc) is 2.39. The van der Waals surface area contributed by atoms with Crippen molar-refractivity contribution in [2.45, 2.75) is 0 Å². The van der Waals surface area contributed by atoms with Gasteiger partial charge in [0, 0.05) is 42.9 Å². The highest BCUT2D eigenvalue weighted by Gasteiger charge is 2.20. The van der Waals surface area contributed by atoms with Crippen LogP contribution in [0.1, 0.15) is 5.56 Å². The molecule has 0 spiro atoms. The van der Waals surface area contributed by atoms with Crippen LogP contribution in [0.4, 0.5) is 5.69 Å². The number of nitrogens with zero attached hydrogens (tertiary/aromatic N) is 2. The number of nitrogens with one attached hydrogen (secondary N) is 1. The van der Waals surface area contributed by atoms with Crippen molar-refractivity contribution in [3.63, 3.8) is 0 Å². The molecule has 0 radical (unpaired) electrons. The molecule has 0 bridgehead atoms. The third-order valence-electron chi connectivity index (χ3n) is 3.39. The molecule has 1 aliphatic heterocycles. The van der Waals surface area contributed by atoms with Gasteiger partial charge in [0.05, 0.1) is 12.2 Å². The lowest BCUT2D eigenvalue weighted by Gasteiger charge is -2.36. The highest BCUT2D eigenvalue weighted by molar-refractivity contribution is 9.10. The molecule has 1 heterocycles. The summed E-state index contributed by atoms with van der Waals surface area (Å²) in [7, 11) is 0. The summed E-state index contributed by atoms with van der Waals surface area (Å²) < 4.78 is 0.857. The Bertz CT molecular complexity index is 458. The molecular weight excluding hydrogens is 308 g/mol. The van der Waals surface area contributed by atoms with Crippen molar-refractivity contribution in [1.29, 1.82) is 5.41 Å². The number of aliphatic hydroxyl groups excluding tert-OH is 1. The minimum absolute atomic E-state index is 0.0836. The van der Waals surface area contributed by atoms with E-state index in [0.29, 0.717) is 0 Å². The van der Waals surface area contributed by atoms with Gasteiger partial charge in [0.2, 0.25) is 0 Å². The van der Waals surface area contributed by atoms with E-state index in [-0.39, 0.29) is 12.4 Å². The van der Waals surface area contributed by atoms with Crippen molar-refractivity contribution in [3.05, 3.63) is 28.2 Å². The SMILES string of the molecule is N=C(N)c1c(Br)cccc1N1CCN(CCO)CC1. The maximum atomic E-state index is 8.95. The zero-order chi connectivity index (χ0) is 13.8. The fourth-order valence-electron chi connectivity index (χ4n) is 2.40. The first-order chi connectivity index (χ1) is 9.13. The van der Waals surface area contributed by atoms with Crippen LogP contribution in [0.25, 0.3) is 0 Å². The van der Waals surface area contributed by atoms with Crippen molar-refractivity contribution >= 4 is 27.5 Å². The fourth-order valence-corrected chi connectivity index (χ4v) is 2.97. The van der Waals surface area contributed by atoms with Gasteiger partial charge in [0.15, 0.2) is 0 Å². The second kappa shape index (κ2) is 6.36. The molecule has 0 atom stereocenters. The Hall–Kier alpha value is -1.11. The minimum Gasteiger partial charge on any atom is -0.395 e. The number of nitrogen functional groups attached to an aromatic ring is 1. The van der Waals surface area contributed by atoms with E-state index in [1.807, 2.05) is 18.2 Å². The van der Waals surface area contributed by atoms with Gasteiger partial charge in [0.25, 0.3) is 0 Å². The second-order valence-corrected chi connectivity index (χ2v) is 5.45. The number of aliphatic hydroxyl groups is 1. The van der Waals surface area contributed by atoms with E-state index < -0.39 is 0 Å². The minimum atomic E-state index is 0.0836. The van der Waals surface area contributed by atoms with Gasteiger partial charge in [-0.3, -0.25) is 10.3 Å². The Morgan fingerprint density at radius 3 is 2.58 bits per heavy atom. The first-order valence-electron chi connectivity index (χ1n) is 6.34. The topological polar surface area (TPSA) is 76.6 Å². The Balaban J connectivity index is 2.15. The second-order valence-electron chi connectivity index (χ2n) is 4.60. The predicted octanol–water partition coefficient (Wildman–Crippen LogP) is 0.847. The molecule has 1 aromatic carbocycles. The van der Waals surface area contributed by atoms with E-state index in [2.05, 4.69) is 25.7 Å². The molecule has 1 aliphatic rings. The summed E-state index contributed by atoms with van der Waals surface area (Å²) in [6.45, 7) is 4.55. The summed E-state index contributed by atoms with van der Waals surface area (Å²) in [5, 5.41) is 16.7. The van der Waals surface area contributed by atoms with Crippen LogP contribution in [-0.4, -0.2) is 55.2 Å². The first-order valence-corrected chi connectivity index (χ1v) is 7.14. The van der Waals surface area contributed by atoms with E-state index in [1.165, 1.54) is 0 Å². The monoisotopic (exact) mass is 326 g/mol. The first kappa shape index (κ1) is 14.3. The number of rotatable bonds is 4. The molecule has 0 aliphatic carbocycles. The number of hydrogen-bond donors (Lipinski definition) is 3. The van der Waals surface area contributed by atoms with Crippen molar-refractivity contribution in [3.8, 4) is 0 Å². The number of piperazine rings is 1. The molecule has 1 saturated heterocycles. The number of nitrogens with two attached hydrogens (primary N) is 1. The van der Waals surface area contributed by atoms with Crippen LogP contribution in [-0.2, 0) is 0 Å². The lowest BCUT2D eigenvalue weighted by Crippen LogP contribution is -2.47. The number of amidine groups is 1. The Labute approximate surface area is 121 Å². The van der Waals surface area contributed by atoms with Crippen molar-refractivity contribution < 1.29 is 5.11 Å². The summed E-state index contributed by atoms with van der Waals surface area (Å²) in [5.41, 5.74) is 7.45. The molecular formula is C13H19BrN4O. The van der Waals surface area contributed by atoms with E-state index in [9.17, 15) is 0 Å². The number of β-amino-alcohol motifs (C(OH)–C–C–N with tert-alkyl or cyclic N) is 1. The van der Waals surface area contributed by atoms with Crippen LogP contribution in [0.15, 0.2) is 22.7 Å². The van der Waals surface area contributed by atoms with Gasteiger partial charge in [-0.1, -0.05) is 6.07 Å². The predicted molar refractivity (Wildman–Crippen MR) is 80.9 cm³/mol. The van der Waals surface area contributed by atoms with Crippen molar-refractivity contribution in [2.24, 2.45) is 5.73 Å². The lowest BCUT2D eigenvalue weighted by atomic mass is 10.1. The molecule has 6 heteroatoms. The molecule has 0 amide bonds. The summed E-state index contributed by atoms with van der Waals surface area (Å²) in [4.78, 5) is 4.48.